The number of hydrogen-bond donors (Lipinski definition) is 1. The Hall–Kier alpha value is -1.85. The number of imidazole rings is 1. The number of rotatable bonds is 3. The number of aromatic nitrogens is 5. The maximum atomic E-state index is 5.68. The fraction of sp³-hybridized carbons (Fsp3) is 0.444. The number of anilines is 1. The standard InChI is InChI=1S/C9H14N6/c1-3-15-7(2)12-13-8(15)6-14-5-4-11-9(14)10/h4-5H,3,6H2,1-2H3,(H2,10,11). The highest BCUT2D eigenvalue weighted by Crippen LogP contribution is 2.06. The first-order valence-electron chi connectivity index (χ1n) is 4.87. The average Bonchev–Trinajstić information content (AvgIpc) is 2.76. The van der Waals surface area contributed by atoms with Crippen LogP contribution in [0.15, 0.2) is 12.4 Å². The van der Waals surface area contributed by atoms with Crippen molar-refractivity contribution in [2.75, 3.05) is 5.73 Å². The summed E-state index contributed by atoms with van der Waals surface area (Å²) in [6.07, 6.45) is 3.51. The van der Waals surface area contributed by atoms with Gasteiger partial charge in [-0.15, -0.1) is 10.2 Å². The lowest BCUT2D eigenvalue weighted by Crippen LogP contribution is -2.10. The van der Waals surface area contributed by atoms with Gasteiger partial charge in [-0.05, 0) is 13.8 Å². The Bertz CT molecular complexity index is 455. The quantitative estimate of drug-likeness (QED) is 0.790. The van der Waals surface area contributed by atoms with E-state index in [2.05, 4.69) is 26.7 Å². The van der Waals surface area contributed by atoms with E-state index in [0.717, 1.165) is 18.2 Å². The topological polar surface area (TPSA) is 74.5 Å². The zero-order chi connectivity index (χ0) is 10.8. The Morgan fingerprint density at radius 2 is 2.20 bits per heavy atom. The molecule has 0 aliphatic rings. The molecule has 0 bridgehead atoms. The predicted octanol–water partition coefficient (Wildman–Crippen LogP) is 0.433. The molecule has 2 aromatic heterocycles. The van der Waals surface area contributed by atoms with Crippen molar-refractivity contribution in [3.8, 4) is 0 Å². The van der Waals surface area contributed by atoms with Gasteiger partial charge < -0.3 is 14.9 Å². The third-order valence-electron chi connectivity index (χ3n) is 2.39. The number of nitrogens with zero attached hydrogens (tertiary/aromatic N) is 5. The van der Waals surface area contributed by atoms with Gasteiger partial charge in [-0.3, -0.25) is 0 Å². The lowest BCUT2D eigenvalue weighted by molar-refractivity contribution is 0.643. The molecule has 6 heteroatoms. The van der Waals surface area contributed by atoms with Crippen molar-refractivity contribution in [1.29, 1.82) is 0 Å². The molecule has 0 saturated carbocycles. The van der Waals surface area contributed by atoms with Crippen molar-refractivity contribution >= 4 is 5.95 Å². The van der Waals surface area contributed by atoms with E-state index in [1.807, 2.05) is 17.7 Å². The van der Waals surface area contributed by atoms with Gasteiger partial charge in [0.1, 0.15) is 5.82 Å². The Labute approximate surface area is 87.8 Å². The first-order valence-corrected chi connectivity index (χ1v) is 4.87. The molecule has 6 nitrogen and oxygen atoms in total. The molecule has 0 saturated heterocycles. The molecule has 0 aromatic carbocycles. The largest absolute Gasteiger partial charge is 0.369 e. The molecule has 0 aliphatic carbocycles. The predicted molar refractivity (Wildman–Crippen MR) is 56.2 cm³/mol. The fourth-order valence-corrected chi connectivity index (χ4v) is 1.58. The van der Waals surface area contributed by atoms with Crippen LogP contribution in [-0.4, -0.2) is 24.3 Å². The van der Waals surface area contributed by atoms with Crippen LogP contribution in [0.1, 0.15) is 18.6 Å². The van der Waals surface area contributed by atoms with Gasteiger partial charge in [0.2, 0.25) is 5.95 Å². The molecule has 2 N–H and O–H groups in total. The first kappa shape index (κ1) is 9.70. The van der Waals surface area contributed by atoms with E-state index in [-0.39, 0.29) is 0 Å². The van der Waals surface area contributed by atoms with Gasteiger partial charge in [0.25, 0.3) is 0 Å². The zero-order valence-corrected chi connectivity index (χ0v) is 8.88. The van der Waals surface area contributed by atoms with E-state index in [1.54, 1.807) is 6.20 Å². The Morgan fingerprint density at radius 1 is 1.40 bits per heavy atom. The van der Waals surface area contributed by atoms with E-state index in [0.29, 0.717) is 12.5 Å². The van der Waals surface area contributed by atoms with Crippen LogP contribution in [0.3, 0.4) is 0 Å². The summed E-state index contributed by atoms with van der Waals surface area (Å²) in [5, 5.41) is 8.15. The second-order valence-corrected chi connectivity index (χ2v) is 3.32. The van der Waals surface area contributed by atoms with Crippen molar-refractivity contribution in [3.05, 3.63) is 24.0 Å². The van der Waals surface area contributed by atoms with E-state index in [9.17, 15) is 0 Å². The third-order valence-corrected chi connectivity index (χ3v) is 2.39. The molecule has 0 atom stereocenters. The molecule has 0 fully saturated rings. The maximum Gasteiger partial charge on any atom is 0.200 e. The van der Waals surface area contributed by atoms with E-state index in [1.165, 1.54) is 0 Å². The lowest BCUT2D eigenvalue weighted by atomic mass is 10.5. The summed E-state index contributed by atoms with van der Waals surface area (Å²) < 4.78 is 3.90. The molecule has 80 valence electrons. The van der Waals surface area contributed by atoms with Crippen LogP contribution < -0.4 is 5.73 Å². The molecule has 0 amide bonds. The van der Waals surface area contributed by atoms with Gasteiger partial charge >= 0.3 is 0 Å². The maximum absolute atomic E-state index is 5.68. The highest BCUT2D eigenvalue weighted by molar-refractivity contribution is 5.17. The summed E-state index contributed by atoms with van der Waals surface area (Å²) in [5.41, 5.74) is 5.68. The first-order chi connectivity index (χ1) is 7.22. The highest BCUT2D eigenvalue weighted by Gasteiger charge is 2.08. The SMILES string of the molecule is CCn1c(C)nnc1Cn1ccnc1N. The van der Waals surface area contributed by atoms with E-state index in [4.69, 9.17) is 5.73 Å². The molecule has 2 rings (SSSR count). The monoisotopic (exact) mass is 206 g/mol. The van der Waals surface area contributed by atoms with Crippen LogP contribution in [0.4, 0.5) is 5.95 Å². The Kier molecular flexibility index (Phi) is 2.40. The van der Waals surface area contributed by atoms with Crippen LogP contribution in [0.2, 0.25) is 0 Å². The molecule has 0 spiro atoms. The van der Waals surface area contributed by atoms with E-state index >= 15 is 0 Å². The van der Waals surface area contributed by atoms with Crippen LogP contribution in [-0.2, 0) is 13.1 Å². The number of hydrogen-bond acceptors (Lipinski definition) is 4. The lowest BCUT2D eigenvalue weighted by Gasteiger charge is -2.06. The van der Waals surface area contributed by atoms with Crippen LogP contribution in [0.25, 0.3) is 0 Å². The van der Waals surface area contributed by atoms with Gasteiger partial charge in [0, 0.05) is 18.9 Å². The molecule has 0 radical (unpaired) electrons. The summed E-state index contributed by atoms with van der Waals surface area (Å²) >= 11 is 0. The molecule has 15 heavy (non-hydrogen) atoms. The highest BCUT2D eigenvalue weighted by atomic mass is 15.3. The summed E-state index contributed by atoms with van der Waals surface area (Å²) in [7, 11) is 0. The van der Waals surface area contributed by atoms with Gasteiger partial charge in [-0.2, -0.15) is 0 Å². The minimum absolute atomic E-state index is 0.498. The van der Waals surface area contributed by atoms with Crippen molar-refractivity contribution in [2.24, 2.45) is 0 Å². The molecule has 2 heterocycles. The third kappa shape index (κ3) is 1.70. The molecule has 0 aliphatic heterocycles. The molecular formula is C9H14N6. The molecule has 2 aromatic rings. The second kappa shape index (κ2) is 3.72. The van der Waals surface area contributed by atoms with Crippen molar-refractivity contribution < 1.29 is 0 Å². The van der Waals surface area contributed by atoms with Crippen molar-refractivity contribution in [1.82, 2.24) is 24.3 Å². The number of aryl methyl sites for hydroxylation is 1. The second-order valence-electron chi connectivity index (χ2n) is 3.32. The van der Waals surface area contributed by atoms with Crippen LogP contribution in [0, 0.1) is 6.92 Å². The van der Waals surface area contributed by atoms with Crippen molar-refractivity contribution in [2.45, 2.75) is 26.9 Å². The van der Waals surface area contributed by atoms with Gasteiger partial charge in [0.15, 0.2) is 5.82 Å². The van der Waals surface area contributed by atoms with E-state index < -0.39 is 0 Å². The summed E-state index contributed by atoms with van der Waals surface area (Å²) in [4.78, 5) is 3.96. The fourth-order valence-electron chi connectivity index (χ4n) is 1.58. The number of nitrogen functional groups attached to an aromatic ring is 1. The average molecular weight is 206 g/mol. The van der Waals surface area contributed by atoms with Gasteiger partial charge in [-0.25, -0.2) is 4.98 Å². The smallest absolute Gasteiger partial charge is 0.200 e. The summed E-state index contributed by atoms with van der Waals surface area (Å²) in [6, 6.07) is 0. The summed E-state index contributed by atoms with van der Waals surface area (Å²) in [5.74, 6) is 2.32. The normalized spacial score (nSPS) is 10.8. The van der Waals surface area contributed by atoms with Crippen molar-refractivity contribution in [3.63, 3.8) is 0 Å². The molecule has 0 unspecified atom stereocenters. The molecular weight excluding hydrogens is 192 g/mol. The zero-order valence-electron chi connectivity index (χ0n) is 8.88. The van der Waals surface area contributed by atoms with Gasteiger partial charge in [0.05, 0.1) is 6.54 Å². The number of nitrogens with two attached hydrogens (primary N) is 1. The van der Waals surface area contributed by atoms with Crippen LogP contribution >= 0.6 is 0 Å². The van der Waals surface area contributed by atoms with Gasteiger partial charge in [-0.1, -0.05) is 0 Å². The minimum atomic E-state index is 0.498. The Balaban J connectivity index is 2.28. The minimum Gasteiger partial charge on any atom is -0.369 e. The summed E-state index contributed by atoms with van der Waals surface area (Å²) in [6.45, 7) is 5.48. The Morgan fingerprint density at radius 3 is 2.80 bits per heavy atom. The van der Waals surface area contributed by atoms with Crippen LogP contribution in [0.5, 0.6) is 0 Å².